The van der Waals surface area contributed by atoms with Crippen LogP contribution in [0.3, 0.4) is 0 Å². The van der Waals surface area contributed by atoms with Gasteiger partial charge in [-0.05, 0) is 38.3 Å². The molecular formula is C10H19NO2. The molecule has 1 atom stereocenters. The minimum Gasteiger partial charge on any atom is -0.481 e. The first-order chi connectivity index (χ1) is 6.22. The van der Waals surface area contributed by atoms with Crippen LogP contribution in [0.1, 0.15) is 32.6 Å². The van der Waals surface area contributed by atoms with Crippen molar-refractivity contribution in [1.82, 2.24) is 4.90 Å². The van der Waals surface area contributed by atoms with E-state index in [4.69, 9.17) is 5.11 Å². The third-order valence-corrected chi connectivity index (χ3v) is 2.61. The summed E-state index contributed by atoms with van der Waals surface area (Å²) in [6.07, 6.45) is 3.77. The highest BCUT2D eigenvalue weighted by molar-refractivity contribution is 5.67. The van der Waals surface area contributed by atoms with Crippen LogP contribution in [0.4, 0.5) is 0 Å². The first kappa shape index (κ1) is 10.5. The average Bonchev–Trinajstić information content (AvgIpc) is 2.04. The molecule has 3 heteroatoms. The van der Waals surface area contributed by atoms with E-state index in [9.17, 15) is 4.79 Å². The van der Waals surface area contributed by atoms with Crippen LogP contribution in [-0.4, -0.2) is 35.6 Å². The summed E-state index contributed by atoms with van der Waals surface area (Å²) in [5.41, 5.74) is 0. The van der Waals surface area contributed by atoms with Crippen LogP contribution in [0.2, 0.25) is 0 Å². The third kappa shape index (κ3) is 3.77. The second kappa shape index (κ2) is 5.22. The van der Waals surface area contributed by atoms with Crippen LogP contribution in [0.25, 0.3) is 0 Å². The Balaban J connectivity index is 2.28. The highest BCUT2D eigenvalue weighted by Crippen LogP contribution is 2.19. The predicted molar refractivity (Wildman–Crippen MR) is 51.7 cm³/mol. The summed E-state index contributed by atoms with van der Waals surface area (Å²) < 4.78 is 0. The standard InChI is InChI=1S/C10H19NO2/c1-2-5-11-6-3-4-9(8-11)7-10(12)13/h9H,2-8H2,1H3,(H,12,13). The van der Waals surface area contributed by atoms with E-state index in [1.807, 2.05) is 0 Å². The fraction of sp³-hybridized carbons (Fsp3) is 0.900. The molecule has 0 aromatic heterocycles. The monoisotopic (exact) mass is 185 g/mol. The summed E-state index contributed by atoms with van der Waals surface area (Å²) in [7, 11) is 0. The molecule has 3 nitrogen and oxygen atoms in total. The zero-order valence-corrected chi connectivity index (χ0v) is 8.33. The van der Waals surface area contributed by atoms with Gasteiger partial charge >= 0.3 is 5.97 Å². The summed E-state index contributed by atoms with van der Waals surface area (Å²) in [6.45, 7) is 5.43. The number of piperidine rings is 1. The van der Waals surface area contributed by atoms with E-state index in [-0.39, 0.29) is 0 Å². The lowest BCUT2D eigenvalue weighted by atomic mass is 9.95. The molecule has 0 aromatic rings. The first-order valence-corrected chi connectivity index (χ1v) is 5.16. The number of rotatable bonds is 4. The minimum absolute atomic E-state index is 0.347. The normalized spacial score (nSPS) is 24.5. The molecule has 76 valence electrons. The summed E-state index contributed by atoms with van der Waals surface area (Å²) in [4.78, 5) is 12.9. The number of hydrogen-bond donors (Lipinski definition) is 1. The van der Waals surface area contributed by atoms with Crippen LogP contribution < -0.4 is 0 Å². The second-order valence-electron chi connectivity index (χ2n) is 3.91. The van der Waals surface area contributed by atoms with Crippen LogP contribution >= 0.6 is 0 Å². The van der Waals surface area contributed by atoms with Crippen molar-refractivity contribution in [2.45, 2.75) is 32.6 Å². The molecule has 1 heterocycles. The molecule has 0 aliphatic carbocycles. The van der Waals surface area contributed by atoms with Gasteiger partial charge in [0, 0.05) is 13.0 Å². The molecule has 0 aromatic carbocycles. The Hall–Kier alpha value is -0.570. The number of carboxylic acid groups (broad SMARTS) is 1. The zero-order chi connectivity index (χ0) is 9.68. The molecule has 1 N–H and O–H groups in total. The molecule has 13 heavy (non-hydrogen) atoms. The molecule has 0 saturated carbocycles. The Labute approximate surface area is 79.7 Å². The van der Waals surface area contributed by atoms with E-state index >= 15 is 0 Å². The second-order valence-corrected chi connectivity index (χ2v) is 3.91. The molecule has 0 radical (unpaired) electrons. The molecular weight excluding hydrogens is 166 g/mol. The van der Waals surface area contributed by atoms with E-state index < -0.39 is 5.97 Å². The lowest BCUT2D eigenvalue weighted by molar-refractivity contribution is -0.138. The van der Waals surface area contributed by atoms with Crippen molar-refractivity contribution in [2.24, 2.45) is 5.92 Å². The van der Waals surface area contributed by atoms with Gasteiger partial charge in [0.15, 0.2) is 0 Å². The van der Waals surface area contributed by atoms with Gasteiger partial charge in [0.05, 0.1) is 0 Å². The van der Waals surface area contributed by atoms with Crippen LogP contribution in [-0.2, 0) is 4.79 Å². The van der Waals surface area contributed by atoms with Crippen molar-refractivity contribution >= 4 is 5.97 Å². The van der Waals surface area contributed by atoms with Crippen molar-refractivity contribution in [3.8, 4) is 0 Å². The van der Waals surface area contributed by atoms with E-state index in [1.54, 1.807) is 0 Å². The number of likely N-dealkylation sites (tertiary alicyclic amines) is 1. The van der Waals surface area contributed by atoms with Gasteiger partial charge in [0.2, 0.25) is 0 Å². The Kier molecular flexibility index (Phi) is 4.22. The number of aliphatic carboxylic acids is 1. The van der Waals surface area contributed by atoms with E-state index in [0.717, 1.165) is 32.5 Å². The fourth-order valence-corrected chi connectivity index (χ4v) is 2.08. The van der Waals surface area contributed by atoms with E-state index in [0.29, 0.717) is 12.3 Å². The summed E-state index contributed by atoms with van der Waals surface area (Å²) in [6, 6.07) is 0. The van der Waals surface area contributed by atoms with Gasteiger partial charge in [-0.1, -0.05) is 6.92 Å². The van der Waals surface area contributed by atoms with Crippen LogP contribution in [0.5, 0.6) is 0 Å². The molecule has 1 unspecified atom stereocenters. The predicted octanol–water partition coefficient (Wildman–Crippen LogP) is 1.58. The Bertz CT molecular complexity index is 168. The lowest BCUT2D eigenvalue weighted by Crippen LogP contribution is -2.36. The fourth-order valence-electron chi connectivity index (χ4n) is 2.08. The topological polar surface area (TPSA) is 40.5 Å². The smallest absolute Gasteiger partial charge is 0.303 e. The summed E-state index contributed by atoms with van der Waals surface area (Å²) >= 11 is 0. The Morgan fingerprint density at radius 2 is 2.38 bits per heavy atom. The van der Waals surface area contributed by atoms with Crippen LogP contribution in [0.15, 0.2) is 0 Å². The number of carbonyl (C=O) groups is 1. The molecule has 1 saturated heterocycles. The van der Waals surface area contributed by atoms with Crippen molar-refractivity contribution in [3.05, 3.63) is 0 Å². The van der Waals surface area contributed by atoms with Crippen molar-refractivity contribution in [3.63, 3.8) is 0 Å². The largest absolute Gasteiger partial charge is 0.481 e. The molecule has 0 spiro atoms. The zero-order valence-electron chi connectivity index (χ0n) is 8.33. The maximum absolute atomic E-state index is 10.5. The summed E-state index contributed by atoms with van der Waals surface area (Å²) in [5.74, 6) is -0.263. The van der Waals surface area contributed by atoms with Gasteiger partial charge < -0.3 is 10.0 Å². The van der Waals surface area contributed by atoms with Gasteiger partial charge in [-0.25, -0.2) is 0 Å². The van der Waals surface area contributed by atoms with Gasteiger partial charge in [-0.2, -0.15) is 0 Å². The third-order valence-electron chi connectivity index (χ3n) is 2.61. The summed E-state index contributed by atoms with van der Waals surface area (Å²) in [5, 5.41) is 8.66. The SMILES string of the molecule is CCCN1CCCC(CC(=O)O)C1. The maximum Gasteiger partial charge on any atom is 0.303 e. The minimum atomic E-state index is -0.650. The van der Waals surface area contributed by atoms with Gasteiger partial charge in [0.25, 0.3) is 0 Å². The number of hydrogen-bond acceptors (Lipinski definition) is 2. The van der Waals surface area contributed by atoms with Crippen molar-refractivity contribution in [1.29, 1.82) is 0 Å². The Morgan fingerprint density at radius 3 is 3.00 bits per heavy atom. The number of nitrogens with zero attached hydrogens (tertiary/aromatic N) is 1. The highest BCUT2D eigenvalue weighted by atomic mass is 16.4. The maximum atomic E-state index is 10.5. The molecule has 1 aliphatic rings. The van der Waals surface area contributed by atoms with Crippen molar-refractivity contribution < 1.29 is 9.90 Å². The number of carboxylic acids is 1. The molecule has 1 rings (SSSR count). The van der Waals surface area contributed by atoms with Gasteiger partial charge in [-0.15, -0.1) is 0 Å². The average molecular weight is 185 g/mol. The molecule has 1 fully saturated rings. The van der Waals surface area contributed by atoms with E-state index in [2.05, 4.69) is 11.8 Å². The molecule has 1 aliphatic heterocycles. The Morgan fingerprint density at radius 1 is 1.62 bits per heavy atom. The van der Waals surface area contributed by atoms with Crippen molar-refractivity contribution in [2.75, 3.05) is 19.6 Å². The molecule has 0 bridgehead atoms. The highest BCUT2D eigenvalue weighted by Gasteiger charge is 2.20. The quantitative estimate of drug-likeness (QED) is 0.723. The van der Waals surface area contributed by atoms with E-state index in [1.165, 1.54) is 6.42 Å². The van der Waals surface area contributed by atoms with Gasteiger partial charge in [-0.3, -0.25) is 4.79 Å². The molecule has 0 amide bonds. The van der Waals surface area contributed by atoms with Gasteiger partial charge in [0.1, 0.15) is 0 Å². The lowest BCUT2D eigenvalue weighted by Gasteiger charge is -2.31. The van der Waals surface area contributed by atoms with Crippen LogP contribution in [0, 0.1) is 5.92 Å². The first-order valence-electron chi connectivity index (χ1n) is 5.16.